The summed E-state index contributed by atoms with van der Waals surface area (Å²) in [6.07, 6.45) is 1.64. The fourth-order valence-electron chi connectivity index (χ4n) is 1.96. The maximum atomic E-state index is 12.0. The fourth-order valence-corrected chi connectivity index (χ4v) is 1.96. The number of non-ortho nitro benzene ring substituents is 1. The van der Waals surface area contributed by atoms with E-state index in [4.69, 9.17) is 4.74 Å². The van der Waals surface area contributed by atoms with Crippen molar-refractivity contribution in [2.24, 2.45) is 0 Å². The predicted octanol–water partition coefficient (Wildman–Crippen LogP) is 2.88. The summed E-state index contributed by atoms with van der Waals surface area (Å²) < 4.78 is 5.07. The van der Waals surface area contributed by atoms with Crippen LogP contribution in [0, 0.1) is 10.1 Å². The van der Waals surface area contributed by atoms with E-state index in [1.807, 2.05) is 6.07 Å². The Labute approximate surface area is 132 Å². The van der Waals surface area contributed by atoms with Crippen molar-refractivity contribution in [3.63, 3.8) is 0 Å². The number of methoxy groups -OCH3 is 1. The van der Waals surface area contributed by atoms with Crippen LogP contribution >= 0.6 is 0 Å². The summed E-state index contributed by atoms with van der Waals surface area (Å²) in [5.41, 5.74) is 0.941. The van der Waals surface area contributed by atoms with Gasteiger partial charge >= 0.3 is 6.03 Å². The van der Waals surface area contributed by atoms with E-state index in [1.165, 1.54) is 25.3 Å². The molecule has 120 valence electrons. The lowest BCUT2D eigenvalue weighted by molar-refractivity contribution is -0.384. The normalized spacial score (nSPS) is 11.4. The number of amides is 2. The van der Waals surface area contributed by atoms with E-state index in [1.54, 1.807) is 25.3 Å². The van der Waals surface area contributed by atoms with Crippen LogP contribution in [0.15, 0.2) is 42.6 Å². The number of nitro groups is 1. The molecular formula is C15H16N4O4. The third-order valence-electron chi connectivity index (χ3n) is 3.12. The molecule has 0 saturated carbocycles. The second-order valence-electron chi connectivity index (χ2n) is 4.72. The van der Waals surface area contributed by atoms with Crippen LogP contribution in [0.25, 0.3) is 0 Å². The molecule has 0 bridgehead atoms. The van der Waals surface area contributed by atoms with Gasteiger partial charge in [0.15, 0.2) is 0 Å². The van der Waals surface area contributed by atoms with Crippen molar-refractivity contribution in [1.82, 2.24) is 10.3 Å². The Kier molecular flexibility index (Phi) is 5.08. The molecule has 8 nitrogen and oxygen atoms in total. The summed E-state index contributed by atoms with van der Waals surface area (Å²) in [5, 5.41) is 16.1. The lowest BCUT2D eigenvalue weighted by atomic mass is 10.2. The first kappa shape index (κ1) is 16.2. The zero-order valence-corrected chi connectivity index (χ0v) is 12.6. The van der Waals surface area contributed by atoms with Crippen LogP contribution in [-0.2, 0) is 0 Å². The zero-order chi connectivity index (χ0) is 16.8. The third kappa shape index (κ3) is 4.16. The van der Waals surface area contributed by atoms with Crippen molar-refractivity contribution in [3.05, 3.63) is 58.4 Å². The highest BCUT2D eigenvalue weighted by atomic mass is 16.6. The topological polar surface area (TPSA) is 106 Å². The highest BCUT2D eigenvalue weighted by Gasteiger charge is 2.15. The molecule has 2 amide bonds. The number of urea groups is 1. The van der Waals surface area contributed by atoms with E-state index in [9.17, 15) is 14.9 Å². The number of nitrogens with zero attached hydrogens (tertiary/aromatic N) is 2. The number of rotatable bonds is 5. The van der Waals surface area contributed by atoms with Crippen molar-refractivity contribution >= 4 is 17.4 Å². The molecule has 1 aromatic heterocycles. The maximum absolute atomic E-state index is 12.0. The minimum absolute atomic E-state index is 0.116. The minimum atomic E-state index is -0.532. The maximum Gasteiger partial charge on any atom is 0.319 e. The van der Waals surface area contributed by atoms with Crippen LogP contribution in [0.1, 0.15) is 18.7 Å². The minimum Gasteiger partial charge on any atom is -0.494 e. The van der Waals surface area contributed by atoms with Crippen LogP contribution < -0.4 is 15.4 Å². The van der Waals surface area contributed by atoms with Gasteiger partial charge in [-0.2, -0.15) is 0 Å². The zero-order valence-electron chi connectivity index (χ0n) is 12.6. The van der Waals surface area contributed by atoms with Gasteiger partial charge in [0.1, 0.15) is 5.75 Å². The van der Waals surface area contributed by atoms with E-state index < -0.39 is 11.0 Å². The molecule has 2 N–H and O–H groups in total. The number of ether oxygens (including phenoxy) is 1. The number of hydrogen-bond acceptors (Lipinski definition) is 5. The van der Waals surface area contributed by atoms with Crippen LogP contribution in [0.2, 0.25) is 0 Å². The number of aromatic nitrogens is 1. The van der Waals surface area contributed by atoms with Crippen molar-refractivity contribution < 1.29 is 14.5 Å². The third-order valence-corrected chi connectivity index (χ3v) is 3.12. The standard InChI is InChI=1S/C15H16N4O4/c1-10(12-5-3-4-8-16-12)17-15(20)18-13-7-6-11(19(21)22)9-14(13)23-2/h3-10H,1-2H3,(H2,17,18,20)/t10-/m1/s1. The number of nitro benzene ring substituents is 1. The molecule has 0 spiro atoms. The molecule has 1 atom stereocenters. The smallest absolute Gasteiger partial charge is 0.319 e. The van der Waals surface area contributed by atoms with Crippen molar-refractivity contribution in [2.45, 2.75) is 13.0 Å². The monoisotopic (exact) mass is 316 g/mol. The summed E-state index contributed by atoms with van der Waals surface area (Å²) in [7, 11) is 1.37. The number of anilines is 1. The molecule has 0 aliphatic carbocycles. The van der Waals surface area contributed by atoms with E-state index in [0.717, 1.165) is 5.69 Å². The molecule has 1 heterocycles. The van der Waals surface area contributed by atoms with E-state index in [2.05, 4.69) is 15.6 Å². The molecule has 8 heteroatoms. The van der Waals surface area contributed by atoms with Gasteiger partial charge in [-0.25, -0.2) is 4.79 Å². The average molecular weight is 316 g/mol. The highest BCUT2D eigenvalue weighted by Crippen LogP contribution is 2.28. The van der Waals surface area contributed by atoms with Gasteiger partial charge in [-0.3, -0.25) is 15.1 Å². The number of benzene rings is 1. The van der Waals surface area contributed by atoms with Gasteiger partial charge in [0.25, 0.3) is 5.69 Å². The van der Waals surface area contributed by atoms with Crippen molar-refractivity contribution in [2.75, 3.05) is 12.4 Å². The predicted molar refractivity (Wildman–Crippen MR) is 84.5 cm³/mol. The molecule has 0 unspecified atom stereocenters. The van der Waals surface area contributed by atoms with E-state index in [0.29, 0.717) is 5.69 Å². The molecule has 0 fully saturated rings. The second-order valence-corrected chi connectivity index (χ2v) is 4.72. The molecule has 0 radical (unpaired) electrons. The number of hydrogen-bond donors (Lipinski definition) is 2. The number of nitrogens with one attached hydrogen (secondary N) is 2. The average Bonchev–Trinajstić information content (AvgIpc) is 2.55. The summed E-state index contributed by atoms with van der Waals surface area (Å²) in [6.45, 7) is 1.80. The van der Waals surface area contributed by atoms with Crippen LogP contribution in [0.4, 0.5) is 16.2 Å². The van der Waals surface area contributed by atoms with Gasteiger partial charge in [0.05, 0.1) is 35.5 Å². The van der Waals surface area contributed by atoms with Gasteiger partial charge in [-0.05, 0) is 25.1 Å². The van der Waals surface area contributed by atoms with Gasteiger partial charge in [0.2, 0.25) is 0 Å². The fraction of sp³-hybridized carbons (Fsp3) is 0.200. The van der Waals surface area contributed by atoms with E-state index >= 15 is 0 Å². The van der Waals surface area contributed by atoms with Gasteiger partial charge in [-0.1, -0.05) is 6.07 Å². The highest BCUT2D eigenvalue weighted by molar-refractivity contribution is 5.91. The Balaban J connectivity index is 2.07. The molecular weight excluding hydrogens is 300 g/mol. The van der Waals surface area contributed by atoms with Crippen LogP contribution in [0.3, 0.4) is 0 Å². The number of carbonyl (C=O) groups is 1. The summed E-state index contributed by atoms with van der Waals surface area (Å²) >= 11 is 0. The summed E-state index contributed by atoms with van der Waals surface area (Å²) in [6, 6.07) is 8.63. The molecule has 1 aromatic carbocycles. The number of carbonyl (C=O) groups excluding carboxylic acids is 1. The van der Waals surface area contributed by atoms with Crippen molar-refractivity contribution in [1.29, 1.82) is 0 Å². The Morgan fingerprint density at radius 3 is 2.74 bits per heavy atom. The Hall–Kier alpha value is -3.16. The second kappa shape index (κ2) is 7.21. The van der Waals surface area contributed by atoms with Gasteiger partial charge in [-0.15, -0.1) is 0 Å². The molecule has 2 rings (SSSR count). The summed E-state index contributed by atoms with van der Waals surface area (Å²) in [5.74, 6) is 0.208. The van der Waals surface area contributed by atoms with Gasteiger partial charge in [0, 0.05) is 12.3 Å². The Bertz CT molecular complexity index is 706. The van der Waals surface area contributed by atoms with E-state index in [-0.39, 0.29) is 17.5 Å². The number of pyridine rings is 1. The lowest BCUT2D eigenvalue weighted by Crippen LogP contribution is -2.31. The molecule has 2 aromatic rings. The first-order valence-corrected chi connectivity index (χ1v) is 6.82. The Morgan fingerprint density at radius 1 is 1.35 bits per heavy atom. The molecule has 0 aliphatic heterocycles. The largest absolute Gasteiger partial charge is 0.494 e. The van der Waals surface area contributed by atoms with Gasteiger partial charge < -0.3 is 15.4 Å². The summed E-state index contributed by atoms with van der Waals surface area (Å²) in [4.78, 5) is 26.4. The lowest BCUT2D eigenvalue weighted by Gasteiger charge is -2.15. The van der Waals surface area contributed by atoms with Crippen LogP contribution in [-0.4, -0.2) is 23.0 Å². The first-order valence-electron chi connectivity index (χ1n) is 6.82. The molecule has 0 aliphatic rings. The quantitative estimate of drug-likeness (QED) is 0.651. The molecule has 23 heavy (non-hydrogen) atoms. The van der Waals surface area contributed by atoms with Crippen LogP contribution in [0.5, 0.6) is 5.75 Å². The Morgan fingerprint density at radius 2 is 2.13 bits per heavy atom. The SMILES string of the molecule is COc1cc([N+](=O)[O-])ccc1NC(=O)N[C@H](C)c1ccccn1. The first-order chi connectivity index (χ1) is 11.0. The molecule has 0 saturated heterocycles. The van der Waals surface area contributed by atoms with Crippen molar-refractivity contribution in [3.8, 4) is 5.75 Å².